The number of nitrogens with one attached hydrogen (secondary N) is 1. The van der Waals surface area contributed by atoms with Gasteiger partial charge in [0.1, 0.15) is 30.5 Å². The predicted molar refractivity (Wildman–Crippen MR) is 118 cm³/mol. The molecule has 1 N–H and O–H groups in total. The van der Waals surface area contributed by atoms with E-state index in [0.717, 1.165) is 40.3 Å². The predicted octanol–water partition coefficient (Wildman–Crippen LogP) is 5.30. The van der Waals surface area contributed by atoms with Gasteiger partial charge in [-0.2, -0.15) is 0 Å². The molecule has 0 bridgehead atoms. The molecule has 3 aromatic carbocycles. The molecule has 0 atom stereocenters. The number of hydrogen-bond donors (Lipinski definition) is 1. The number of nitrogens with zero attached hydrogens (tertiary/aromatic N) is 1. The molecule has 0 fully saturated rings. The summed E-state index contributed by atoms with van der Waals surface area (Å²) in [6.07, 6.45) is 0.841. The molecule has 0 spiro atoms. The Kier molecular flexibility index (Phi) is 6.62. The maximum absolute atomic E-state index is 5.83. The van der Waals surface area contributed by atoms with Crippen LogP contribution in [0.2, 0.25) is 0 Å². The van der Waals surface area contributed by atoms with Gasteiger partial charge >= 0.3 is 0 Å². The van der Waals surface area contributed by atoms with E-state index in [1.807, 2.05) is 55.5 Å². The molecule has 5 nitrogen and oxygen atoms in total. The summed E-state index contributed by atoms with van der Waals surface area (Å²) in [5, 5.41) is 0. The van der Waals surface area contributed by atoms with Gasteiger partial charge in [0, 0.05) is 6.07 Å². The monoisotopic (exact) mass is 402 g/mol. The molecule has 0 aliphatic rings. The zero-order valence-electron chi connectivity index (χ0n) is 17.1. The van der Waals surface area contributed by atoms with Crippen LogP contribution in [0.25, 0.3) is 11.0 Å². The van der Waals surface area contributed by atoms with Crippen molar-refractivity contribution in [3.05, 3.63) is 89.7 Å². The molecule has 4 rings (SSSR count). The number of fused-ring (bicyclic) bond motifs is 1. The molecule has 0 unspecified atom stereocenters. The van der Waals surface area contributed by atoms with Crippen molar-refractivity contribution in [3.63, 3.8) is 0 Å². The average Bonchev–Trinajstić information content (AvgIpc) is 3.19. The molecule has 4 aromatic rings. The minimum Gasteiger partial charge on any atom is -0.494 e. The van der Waals surface area contributed by atoms with E-state index in [2.05, 4.69) is 34.2 Å². The third-order valence-corrected chi connectivity index (χ3v) is 4.76. The summed E-state index contributed by atoms with van der Waals surface area (Å²) in [6, 6.07) is 24.2. The van der Waals surface area contributed by atoms with E-state index in [9.17, 15) is 0 Å². The van der Waals surface area contributed by atoms with Crippen LogP contribution < -0.4 is 9.47 Å². The molecule has 0 aliphatic carbocycles. The lowest BCUT2D eigenvalue weighted by atomic mass is 10.1. The molecule has 0 amide bonds. The lowest BCUT2D eigenvalue weighted by Gasteiger charge is -2.07. The van der Waals surface area contributed by atoms with Crippen molar-refractivity contribution in [2.75, 3.05) is 13.2 Å². The van der Waals surface area contributed by atoms with Gasteiger partial charge in [-0.3, -0.25) is 0 Å². The fourth-order valence-electron chi connectivity index (χ4n) is 3.22. The SMILES string of the molecule is CCOc1ccc2nc(COCCc3ccc(OCc4ccccc4)cc3)[nH]c2c1. The van der Waals surface area contributed by atoms with Crippen molar-refractivity contribution in [2.45, 2.75) is 26.6 Å². The van der Waals surface area contributed by atoms with Crippen LogP contribution in [0.3, 0.4) is 0 Å². The van der Waals surface area contributed by atoms with Gasteiger partial charge in [0.25, 0.3) is 0 Å². The largest absolute Gasteiger partial charge is 0.494 e. The van der Waals surface area contributed by atoms with Crippen molar-refractivity contribution >= 4 is 11.0 Å². The zero-order valence-corrected chi connectivity index (χ0v) is 17.1. The van der Waals surface area contributed by atoms with Crippen molar-refractivity contribution in [2.24, 2.45) is 0 Å². The molecular weight excluding hydrogens is 376 g/mol. The first-order chi connectivity index (χ1) is 14.8. The number of rotatable bonds is 10. The third kappa shape index (κ3) is 5.39. The van der Waals surface area contributed by atoms with Gasteiger partial charge in [-0.15, -0.1) is 0 Å². The normalized spacial score (nSPS) is 11.0. The highest BCUT2D eigenvalue weighted by molar-refractivity contribution is 5.76. The minimum absolute atomic E-state index is 0.455. The Morgan fingerprint density at radius 2 is 1.60 bits per heavy atom. The van der Waals surface area contributed by atoms with Gasteiger partial charge in [0.05, 0.1) is 24.2 Å². The standard InChI is InChI=1S/C25H26N2O3/c1-2-29-22-12-13-23-24(16-22)27-25(26-23)18-28-15-14-19-8-10-21(11-9-19)30-17-20-6-4-3-5-7-20/h3-13,16H,2,14-15,17-18H2,1H3,(H,26,27). The van der Waals surface area contributed by atoms with E-state index in [4.69, 9.17) is 14.2 Å². The third-order valence-electron chi connectivity index (χ3n) is 4.76. The second kappa shape index (κ2) is 9.94. The minimum atomic E-state index is 0.455. The number of H-pyrrole nitrogens is 1. The second-order valence-corrected chi connectivity index (χ2v) is 7.02. The molecule has 1 heterocycles. The number of benzene rings is 3. The van der Waals surface area contributed by atoms with Crippen LogP contribution in [0.5, 0.6) is 11.5 Å². The summed E-state index contributed by atoms with van der Waals surface area (Å²) in [5.74, 6) is 2.54. The van der Waals surface area contributed by atoms with E-state index in [1.165, 1.54) is 5.56 Å². The lowest BCUT2D eigenvalue weighted by Crippen LogP contribution is -2.00. The molecule has 0 saturated heterocycles. The molecule has 154 valence electrons. The Balaban J connectivity index is 1.22. The first-order valence-electron chi connectivity index (χ1n) is 10.2. The molecule has 0 aliphatic heterocycles. The van der Waals surface area contributed by atoms with Gasteiger partial charge < -0.3 is 19.2 Å². The van der Waals surface area contributed by atoms with E-state index >= 15 is 0 Å². The number of imidazole rings is 1. The smallest absolute Gasteiger partial charge is 0.133 e. The summed E-state index contributed by atoms with van der Waals surface area (Å²) in [4.78, 5) is 7.86. The topological polar surface area (TPSA) is 56.4 Å². The zero-order chi connectivity index (χ0) is 20.6. The molecule has 1 aromatic heterocycles. The summed E-state index contributed by atoms with van der Waals surface area (Å²) in [7, 11) is 0. The summed E-state index contributed by atoms with van der Waals surface area (Å²) in [5.41, 5.74) is 4.26. The van der Waals surface area contributed by atoms with Crippen LogP contribution in [-0.2, 0) is 24.4 Å². The van der Waals surface area contributed by atoms with Gasteiger partial charge in [-0.1, -0.05) is 42.5 Å². The van der Waals surface area contributed by atoms with E-state index in [-0.39, 0.29) is 0 Å². The Hall–Kier alpha value is -3.31. The van der Waals surface area contributed by atoms with E-state index in [0.29, 0.717) is 26.4 Å². The highest BCUT2D eigenvalue weighted by atomic mass is 16.5. The Bertz CT molecular complexity index is 1060. The summed E-state index contributed by atoms with van der Waals surface area (Å²) < 4.78 is 17.2. The molecule has 5 heteroatoms. The van der Waals surface area contributed by atoms with Crippen molar-refractivity contribution in [1.82, 2.24) is 9.97 Å². The van der Waals surface area contributed by atoms with Crippen LogP contribution >= 0.6 is 0 Å². The van der Waals surface area contributed by atoms with Gasteiger partial charge in [0.15, 0.2) is 0 Å². The first-order valence-corrected chi connectivity index (χ1v) is 10.2. The van der Waals surface area contributed by atoms with E-state index < -0.39 is 0 Å². The first kappa shape index (κ1) is 20.0. The van der Waals surface area contributed by atoms with Crippen LogP contribution in [0.4, 0.5) is 0 Å². The fraction of sp³-hybridized carbons (Fsp3) is 0.240. The van der Waals surface area contributed by atoms with Crippen LogP contribution in [0, 0.1) is 0 Å². The van der Waals surface area contributed by atoms with E-state index in [1.54, 1.807) is 0 Å². The molecule has 0 saturated carbocycles. The number of hydrogen-bond acceptors (Lipinski definition) is 4. The summed E-state index contributed by atoms with van der Waals surface area (Å²) >= 11 is 0. The number of aromatic nitrogens is 2. The van der Waals surface area contributed by atoms with Crippen LogP contribution in [0.1, 0.15) is 23.9 Å². The highest BCUT2D eigenvalue weighted by Gasteiger charge is 2.05. The quantitative estimate of drug-likeness (QED) is 0.366. The van der Waals surface area contributed by atoms with Crippen LogP contribution in [0.15, 0.2) is 72.8 Å². The molecule has 30 heavy (non-hydrogen) atoms. The van der Waals surface area contributed by atoms with Crippen LogP contribution in [-0.4, -0.2) is 23.2 Å². The van der Waals surface area contributed by atoms with Gasteiger partial charge in [-0.05, 0) is 48.7 Å². The Labute approximate surface area is 176 Å². The van der Waals surface area contributed by atoms with Crippen molar-refractivity contribution < 1.29 is 14.2 Å². The Morgan fingerprint density at radius 3 is 2.40 bits per heavy atom. The Morgan fingerprint density at radius 1 is 0.800 bits per heavy atom. The van der Waals surface area contributed by atoms with Crippen molar-refractivity contribution in [1.29, 1.82) is 0 Å². The lowest BCUT2D eigenvalue weighted by molar-refractivity contribution is 0.119. The van der Waals surface area contributed by atoms with Crippen molar-refractivity contribution in [3.8, 4) is 11.5 Å². The number of ether oxygens (including phenoxy) is 3. The molecular formula is C25H26N2O3. The average molecular weight is 402 g/mol. The molecule has 0 radical (unpaired) electrons. The van der Waals surface area contributed by atoms with Gasteiger partial charge in [-0.25, -0.2) is 4.98 Å². The van der Waals surface area contributed by atoms with Gasteiger partial charge in [0.2, 0.25) is 0 Å². The fourth-order valence-corrected chi connectivity index (χ4v) is 3.22. The maximum Gasteiger partial charge on any atom is 0.133 e. The highest BCUT2D eigenvalue weighted by Crippen LogP contribution is 2.19. The second-order valence-electron chi connectivity index (χ2n) is 7.02. The summed E-state index contributed by atoms with van der Waals surface area (Å²) in [6.45, 7) is 4.28. The maximum atomic E-state index is 5.83. The number of aromatic amines is 1.